The van der Waals surface area contributed by atoms with E-state index in [1.807, 2.05) is 6.92 Å². The monoisotopic (exact) mass is 170 g/mol. The Morgan fingerprint density at radius 1 is 1.42 bits per heavy atom. The minimum absolute atomic E-state index is 0.0197. The van der Waals surface area contributed by atoms with Gasteiger partial charge in [-0.3, -0.25) is 4.79 Å². The number of carbonyl (C=O) groups excluding carboxylic acids is 1. The molecule has 12 heavy (non-hydrogen) atoms. The number of hydrogen-bond donors (Lipinski definition) is 0. The smallest absolute Gasteiger partial charge is 0.187 e. The standard InChI is InChI=1S/C9H14O3/c1-8(2)4-6(10)9(3)7(5-8)11-12-9/h7H,4-5H2,1-3H3. The number of rotatable bonds is 0. The van der Waals surface area contributed by atoms with Crippen LogP contribution in [0.4, 0.5) is 0 Å². The lowest BCUT2D eigenvalue weighted by molar-refractivity contribution is -0.496. The largest absolute Gasteiger partial charge is 0.296 e. The molecule has 1 saturated carbocycles. The molecule has 0 amide bonds. The first-order chi connectivity index (χ1) is 5.44. The number of ketones is 1. The first kappa shape index (κ1) is 8.20. The molecule has 2 unspecified atom stereocenters. The molecule has 2 rings (SSSR count). The third-order valence-electron chi connectivity index (χ3n) is 2.88. The fourth-order valence-electron chi connectivity index (χ4n) is 1.90. The molecule has 2 aliphatic rings. The maximum atomic E-state index is 11.6. The van der Waals surface area contributed by atoms with Crippen molar-refractivity contribution >= 4 is 5.78 Å². The Bertz CT molecular complexity index is 234. The summed E-state index contributed by atoms with van der Waals surface area (Å²) < 4.78 is 0. The van der Waals surface area contributed by atoms with Crippen LogP contribution in [0, 0.1) is 5.41 Å². The zero-order valence-electron chi connectivity index (χ0n) is 7.72. The van der Waals surface area contributed by atoms with Gasteiger partial charge in [-0.2, -0.15) is 0 Å². The molecule has 0 bridgehead atoms. The Hall–Kier alpha value is -0.410. The SMILES string of the molecule is CC1(C)CC(=O)C2(C)OOC2C1. The molecule has 3 nitrogen and oxygen atoms in total. The van der Waals surface area contributed by atoms with Gasteiger partial charge < -0.3 is 0 Å². The van der Waals surface area contributed by atoms with Crippen LogP contribution in [0.5, 0.6) is 0 Å². The summed E-state index contributed by atoms with van der Waals surface area (Å²) in [5.74, 6) is 0.176. The van der Waals surface area contributed by atoms with Gasteiger partial charge in [0.15, 0.2) is 11.4 Å². The highest BCUT2D eigenvalue weighted by atomic mass is 17.3. The van der Waals surface area contributed by atoms with E-state index in [-0.39, 0.29) is 17.3 Å². The van der Waals surface area contributed by atoms with Crippen LogP contribution < -0.4 is 0 Å². The van der Waals surface area contributed by atoms with E-state index in [0.717, 1.165) is 6.42 Å². The summed E-state index contributed by atoms with van der Waals surface area (Å²) in [6, 6.07) is 0. The Balaban J connectivity index is 2.21. The van der Waals surface area contributed by atoms with Crippen LogP contribution in [-0.2, 0) is 14.6 Å². The van der Waals surface area contributed by atoms with Crippen LogP contribution >= 0.6 is 0 Å². The van der Waals surface area contributed by atoms with Crippen LogP contribution in [0.2, 0.25) is 0 Å². The van der Waals surface area contributed by atoms with Gasteiger partial charge >= 0.3 is 0 Å². The molecule has 2 fully saturated rings. The Labute approximate surface area is 72.0 Å². The Morgan fingerprint density at radius 2 is 2.08 bits per heavy atom. The maximum absolute atomic E-state index is 11.6. The van der Waals surface area contributed by atoms with Crippen LogP contribution in [0.3, 0.4) is 0 Å². The molecule has 0 aromatic rings. The summed E-state index contributed by atoms with van der Waals surface area (Å²) in [6.07, 6.45) is 1.49. The fourth-order valence-corrected chi connectivity index (χ4v) is 1.90. The number of hydrogen-bond acceptors (Lipinski definition) is 3. The molecule has 1 aliphatic heterocycles. The number of Topliss-reactive ketones (excluding diaryl/α,β-unsaturated/α-hetero) is 1. The van der Waals surface area contributed by atoms with Crippen molar-refractivity contribution in [2.24, 2.45) is 5.41 Å². The van der Waals surface area contributed by atoms with E-state index in [1.54, 1.807) is 0 Å². The molecular weight excluding hydrogens is 156 g/mol. The second-order valence-corrected chi connectivity index (χ2v) is 4.74. The average molecular weight is 170 g/mol. The summed E-state index contributed by atoms with van der Waals surface area (Å²) in [6.45, 7) is 6.00. The van der Waals surface area contributed by atoms with Gasteiger partial charge in [0, 0.05) is 6.42 Å². The first-order valence-corrected chi connectivity index (χ1v) is 4.32. The molecule has 68 valence electrons. The van der Waals surface area contributed by atoms with Gasteiger partial charge in [-0.1, -0.05) is 13.8 Å². The quantitative estimate of drug-likeness (QED) is 0.516. The van der Waals surface area contributed by atoms with E-state index < -0.39 is 5.60 Å². The highest BCUT2D eigenvalue weighted by molar-refractivity contribution is 5.89. The molecule has 0 aromatic carbocycles. The Morgan fingerprint density at radius 3 is 2.50 bits per heavy atom. The van der Waals surface area contributed by atoms with Crippen LogP contribution in [-0.4, -0.2) is 17.5 Å². The van der Waals surface area contributed by atoms with E-state index in [2.05, 4.69) is 13.8 Å². The van der Waals surface area contributed by atoms with Crippen molar-refractivity contribution in [2.45, 2.75) is 45.3 Å². The summed E-state index contributed by atoms with van der Waals surface area (Å²) in [5.41, 5.74) is -0.555. The molecule has 1 aliphatic carbocycles. The average Bonchev–Trinajstić information content (AvgIpc) is 1.94. The molecular formula is C9H14O3. The van der Waals surface area contributed by atoms with Crippen molar-refractivity contribution in [3.05, 3.63) is 0 Å². The lowest BCUT2D eigenvalue weighted by Crippen LogP contribution is -2.64. The van der Waals surface area contributed by atoms with Crippen molar-refractivity contribution in [3.63, 3.8) is 0 Å². The number of fused-ring (bicyclic) bond motifs is 1. The predicted molar refractivity (Wildman–Crippen MR) is 42.4 cm³/mol. The third-order valence-corrected chi connectivity index (χ3v) is 2.88. The van der Waals surface area contributed by atoms with Gasteiger partial charge in [-0.15, -0.1) is 0 Å². The summed E-state index contributed by atoms with van der Waals surface area (Å²) in [4.78, 5) is 21.4. The number of carbonyl (C=O) groups is 1. The molecule has 0 aromatic heterocycles. The fraction of sp³-hybridized carbons (Fsp3) is 0.889. The van der Waals surface area contributed by atoms with Crippen molar-refractivity contribution in [1.82, 2.24) is 0 Å². The lowest BCUT2D eigenvalue weighted by atomic mass is 9.68. The molecule has 1 heterocycles. The molecule has 0 radical (unpaired) electrons. The minimum atomic E-state index is -0.629. The van der Waals surface area contributed by atoms with E-state index in [0.29, 0.717) is 6.42 Å². The van der Waals surface area contributed by atoms with E-state index in [4.69, 9.17) is 9.78 Å². The molecule has 0 N–H and O–H groups in total. The van der Waals surface area contributed by atoms with Gasteiger partial charge in [0.1, 0.15) is 6.10 Å². The predicted octanol–water partition coefficient (Wildman–Crippen LogP) is 1.46. The van der Waals surface area contributed by atoms with Crippen molar-refractivity contribution in [1.29, 1.82) is 0 Å². The second-order valence-electron chi connectivity index (χ2n) is 4.74. The summed E-state index contributed by atoms with van der Waals surface area (Å²) in [5, 5.41) is 0. The normalized spacial score (nSPS) is 44.9. The molecule has 1 saturated heterocycles. The van der Waals surface area contributed by atoms with Gasteiger partial charge in [-0.25, -0.2) is 9.78 Å². The van der Waals surface area contributed by atoms with Gasteiger partial charge in [0.05, 0.1) is 0 Å². The summed E-state index contributed by atoms with van der Waals surface area (Å²) in [7, 11) is 0. The van der Waals surface area contributed by atoms with Crippen molar-refractivity contribution < 1.29 is 14.6 Å². The highest BCUT2D eigenvalue weighted by Gasteiger charge is 2.58. The third kappa shape index (κ3) is 0.930. The van der Waals surface area contributed by atoms with Crippen LogP contribution in [0.15, 0.2) is 0 Å². The van der Waals surface area contributed by atoms with Crippen molar-refractivity contribution in [3.8, 4) is 0 Å². The maximum Gasteiger partial charge on any atom is 0.187 e. The van der Waals surface area contributed by atoms with E-state index >= 15 is 0 Å². The van der Waals surface area contributed by atoms with Gasteiger partial charge in [-0.05, 0) is 18.8 Å². The van der Waals surface area contributed by atoms with Gasteiger partial charge in [0.25, 0.3) is 0 Å². The zero-order chi connectivity index (χ0) is 8.98. The zero-order valence-corrected chi connectivity index (χ0v) is 7.72. The summed E-state index contributed by atoms with van der Waals surface area (Å²) >= 11 is 0. The van der Waals surface area contributed by atoms with E-state index in [1.165, 1.54) is 0 Å². The minimum Gasteiger partial charge on any atom is -0.296 e. The second kappa shape index (κ2) is 2.09. The highest BCUT2D eigenvalue weighted by Crippen LogP contribution is 2.46. The van der Waals surface area contributed by atoms with E-state index in [9.17, 15) is 4.79 Å². The molecule has 0 spiro atoms. The van der Waals surface area contributed by atoms with Gasteiger partial charge in [0.2, 0.25) is 0 Å². The molecule has 3 heteroatoms. The first-order valence-electron chi connectivity index (χ1n) is 4.32. The topological polar surface area (TPSA) is 35.5 Å². The van der Waals surface area contributed by atoms with Crippen LogP contribution in [0.1, 0.15) is 33.6 Å². The lowest BCUT2D eigenvalue weighted by Gasteiger charge is -2.50. The molecule has 2 atom stereocenters. The van der Waals surface area contributed by atoms with Crippen molar-refractivity contribution in [2.75, 3.05) is 0 Å². The Kier molecular flexibility index (Phi) is 1.43. The van der Waals surface area contributed by atoms with Crippen LogP contribution in [0.25, 0.3) is 0 Å².